The Morgan fingerprint density at radius 1 is 0.839 bits per heavy atom. The molecule has 8 rings (SSSR count). The van der Waals surface area contributed by atoms with Crippen LogP contribution in [0.1, 0.15) is 48.4 Å². The highest BCUT2D eigenvalue weighted by molar-refractivity contribution is 5.79. The minimum atomic E-state index is 0.977. The van der Waals surface area contributed by atoms with Crippen LogP contribution in [0.15, 0.2) is 66.9 Å². The number of unbranched alkanes of at least 4 members (excludes halogenated alkanes) is 2. The molecule has 4 aliphatic carbocycles. The van der Waals surface area contributed by atoms with E-state index in [1.807, 2.05) is 0 Å². The number of benzene rings is 2. The third kappa shape index (κ3) is 4.23. The van der Waals surface area contributed by atoms with Crippen molar-refractivity contribution in [3.8, 4) is 11.3 Å². The molecular weight excluding hydrogens is 378 g/mol. The van der Waals surface area contributed by atoms with Gasteiger partial charge in [-0.25, -0.2) is 4.98 Å². The molecule has 4 bridgehead atoms. The SMILES string of the molecule is CCCCCNc1c(-c2cc3ccc2CCc2ccc(cc2)CC3)nc2ccccn12. The van der Waals surface area contributed by atoms with Crippen LogP contribution in [0.4, 0.5) is 5.82 Å². The van der Waals surface area contributed by atoms with Gasteiger partial charge in [0.05, 0.1) is 0 Å². The summed E-state index contributed by atoms with van der Waals surface area (Å²) in [4.78, 5) is 5.09. The molecule has 0 unspecified atom stereocenters. The Morgan fingerprint density at radius 3 is 2.39 bits per heavy atom. The second kappa shape index (κ2) is 8.97. The van der Waals surface area contributed by atoms with E-state index < -0.39 is 0 Å². The van der Waals surface area contributed by atoms with E-state index in [1.54, 1.807) is 0 Å². The van der Waals surface area contributed by atoms with Crippen LogP contribution in [0.5, 0.6) is 0 Å². The summed E-state index contributed by atoms with van der Waals surface area (Å²) < 4.78 is 2.21. The number of nitrogens with zero attached hydrogens (tertiary/aromatic N) is 2. The smallest absolute Gasteiger partial charge is 0.139 e. The monoisotopic (exact) mass is 409 g/mol. The molecule has 3 nitrogen and oxygen atoms in total. The van der Waals surface area contributed by atoms with Gasteiger partial charge in [0, 0.05) is 18.3 Å². The van der Waals surface area contributed by atoms with Crippen LogP contribution in [0.2, 0.25) is 0 Å². The summed E-state index contributed by atoms with van der Waals surface area (Å²) in [5.74, 6) is 1.13. The normalized spacial score (nSPS) is 13.3. The van der Waals surface area contributed by atoms with Gasteiger partial charge in [0.1, 0.15) is 17.2 Å². The first-order chi connectivity index (χ1) is 15.3. The van der Waals surface area contributed by atoms with Crippen LogP contribution >= 0.6 is 0 Å². The molecule has 0 saturated carbocycles. The zero-order valence-electron chi connectivity index (χ0n) is 18.4. The molecule has 0 fully saturated rings. The van der Waals surface area contributed by atoms with Crippen molar-refractivity contribution >= 4 is 11.5 Å². The average molecular weight is 410 g/mol. The molecule has 0 aliphatic heterocycles. The molecule has 4 aliphatic rings. The molecule has 2 heterocycles. The van der Waals surface area contributed by atoms with Gasteiger partial charge in [-0.05, 0) is 72.6 Å². The Hall–Kier alpha value is -3.07. The minimum absolute atomic E-state index is 0.977. The molecule has 0 spiro atoms. The van der Waals surface area contributed by atoms with Gasteiger partial charge in [0.15, 0.2) is 0 Å². The molecule has 0 saturated heterocycles. The molecule has 3 heteroatoms. The van der Waals surface area contributed by atoms with E-state index in [2.05, 4.69) is 83.5 Å². The van der Waals surface area contributed by atoms with Crippen molar-refractivity contribution in [1.82, 2.24) is 9.38 Å². The Balaban J connectivity index is 1.58. The Kier molecular flexibility index (Phi) is 5.75. The molecule has 31 heavy (non-hydrogen) atoms. The Morgan fingerprint density at radius 2 is 1.58 bits per heavy atom. The van der Waals surface area contributed by atoms with Crippen LogP contribution in [-0.2, 0) is 25.7 Å². The van der Waals surface area contributed by atoms with Gasteiger partial charge >= 0.3 is 0 Å². The van der Waals surface area contributed by atoms with E-state index in [1.165, 1.54) is 47.1 Å². The summed E-state index contributed by atoms with van der Waals surface area (Å²) in [7, 11) is 0. The Bertz CT molecular complexity index is 1170. The molecule has 0 radical (unpaired) electrons. The van der Waals surface area contributed by atoms with E-state index in [9.17, 15) is 0 Å². The number of fused-ring (bicyclic) bond motifs is 1. The maximum absolute atomic E-state index is 5.09. The first-order valence-electron chi connectivity index (χ1n) is 11.7. The number of anilines is 1. The maximum Gasteiger partial charge on any atom is 0.139 e. The van der Waals surface area contributed by atoms with E-state index in [0.29, 0.717) is 0 Å². The van der Waals surface area contributed by atoms with Crippen LogP contribution in [0, 0.1) is 0 Å². The second-order valence-corrected chi connectivity index (χ2v) is 8.68. The predicted molar refractivity (Wildman–Crippen MR) is 130 cm³/mol. The lowest BCUT2D eigenvalue weighted by Crippen LogP contribution is -2.06. The van der Waals surface area contributed by atoms with Gasteiger partial charge < -0.3 is 5.32 Å². The minimum Gasteiger partial charge on any atom is -0.369 e. The number of hydrogen-bond donors (Lipinski definition) is 1. The lowest BCUT2D eigenvalue weighted by Gasteiger charge is -2.15. The molecule has 0 amide bonds. The third-order valence-electron chi connectivity index (χ3n) is 6.44. The number of aryl methyl sites for hydroxylation is 4. The van der Waals surface area contributed by atoms with E-state index >= 15 is 0 Å². The summed E-state index contributed by atoms with van der Waals surface area (Å²) in [5, 5.41) is 3.72. The van der Waals surface area contributed by atoms with Crippen LogP contribution in [-0.4, -0.2) is 15.9 Å². The largest absolute Gasteiger partial charge is 0.369 e. The molecule has 2 aromatic carbocycles. The van der Waals surface area contributed by atoms with Gasteiger partial charge in [-0.3, -0.25) is 4.40 Å². The van der Waals surface area contributed by atoms with Crippen molar-refractivity contribution in [2.45, 2.75) is 51.9 Å². The molecule has 0 atom stereocenters. The highest BCUT2D eigenvalue weighted by atomic mass is 15.1. The highest BCUT2D eigenvalue weighted by Crippen LogP contribution is 2.33. The van der Waals surface area contributed by atoms with Crippen molar-refractivity contribution in [3.63, 3.8) is 0 Å². The summed E-state index contributed by atoms with van der Waals surface area (Å²) in [6, 6.07) is 22.5. The van der Waals surface area contributed by atoms with Crippen LogP contribution in [0.3, 0.4) is 0 Å². The molecule has 4 aromatic rings. The zero-order valence-corrected chi connectivity index (χ0v) is 18.4. The highest BCUT2D eigenvalue weighted by Gasteiger charge is 2.18. The summed E-state index contributed by atoms with van der Waals surface area (Å²) in [6.07, 6.45) is 9.99. The van der Waals surface area contributed by atoms with Gasteiger partial charge in [0.2, 0.25) is 0 Å². The number of rotatable bonds is 6. The fraction of sp³-hybridized carbons (Fsp3) is 0.321. The van der Waals surface area contributed by atoms with E-state index in [0.717, 1.165) is 49.4 Å². The Labute approximate surface area is 185 Å². The van der Waals surface area contributed by atoms with Gasteiger partial charge in [-0.15, -0.1) is 0 Å². The number of hydrogen-bond acceptors (Lipinski definition) is 2. The summed E-state index contributed by atoms with van der Waals surface area (Å²) in [6.45, 7) is 3.23. The van der Waals surface area contributed by atoms with Gasteiger partial charge in [0.25, 0.3) is 0 Å². The molecular formula is C28H31N3. The lowest BCUT2D eigenvalue weighted by atomic mass is 9.92. The van der Waals surface area contributed by atoms with Crippen molar-refractivity contribution in [3.05, 3.63) is 89.1 Å². The molecule has 2 aromatic heterocycles. The van der Waals surface area contributed by atoms with Crippen LogP contribution in [0.25, 0.3) is 16.9 Å². The quantitative estimate of drug-likeness (QED) is 0.369. The van der Waals surface area contributed by atoms with E-state index in [4.69, 9.17) is 4.98 Å². The second-order valence-electron chi connectivity index (χ2n) is 8.68. The maximum atomic E-state index is 5.09. The number of imidazole rings is 1. The fourth-order valence-corrected chi connectivity index (χ4v) is 4.59. The van der Waals surface area contributed by atoms with Crippen molar-refractivity contribution in [2.75, 3.05) is 11.9 Å². The fourth-order valence-electron chi connectivity index (χ4n) is 4.59. The average Bonchev–Trinajstić information content (AvgIpc) is 3.17. The molecule has 158 valence electrons. The zero-order chi connectivity index (χ0) is 21.0. The third-order valence-corrected chi connectivity index (χ3v) is 6.44. The van der Waals surface area contributed by atoms with E-state index in [-0.39, 0.29) is 0 Å². The first kappa shape index (κ1) is 19.9. The van der Waals surface area contributed by atoms with Crippen molar-refractivity contribution < 1.29 is 0 Å². The lowest BCUT2D eigenvalue weighted by molar-refractivity contribution is 0.742. The topological polar surface area (TPSA) is 29.3 Å². The standard InChI is InChI=1S/C28H31N3/c1-2-3-5-18-29-28-27(30-26-7-4-6-19-31(26)28)25-20-23-13-12-21-8-10-22(11-9-21)14-16-24(25)17-15-23/h4,6-11,15,17,19-20,29H,2-3,5,12-14,16,18H2,1H3. The number of aromatic nitrogens is 2. The van der Waals surface area contributed by atoms with Gasteiger partial charge in [-0.2, -0.15) is 0 Å². The van der Waals surface area contributed by atoms with Crippen molar-refractivity contribution in [1.29, 1.82) is 0 Å². The number of nitrogens with one attached hydrogen (secondary N) is 1. The summed E-state index contributed by atoms with van der Waals surface area (Å²) >= 11 is 0. The van der Waals surface area contributed by atoms with Crippen molar-refractivity contribution in [2.24, 2.45) is 0 Å². The predicted octanol–water partition coefficient (Wildman–Crippen LogP) is 6.49. The van der Waals surface area contributed by atoms with Gasteiger partial charge in [-0.1, -0.05) is 62.2 Å². The summed E-state index contributed by atoms with van der Waals surface area (Å²) in [5.41, 5.74) is 8.97. The van der Waals surface area contributed by atoms with Crippen LogP contribution < -0.4 is 5.32 Å². The molecule has 1 N–H and O–H groups in total. The number of pyridine rings is 1. The first-order valence-corrected chi connectivity index (χ1v) is 11.7.